The first kappa shape index (κ1) is 23.7. The Morgan fingerprint density at radius 2 is 1.85 bits per heavy atom. The van der Waals surface area contributed by atoms with Crippen LogP contribution in [0.5, 0.6) is 11.5 Å². The first-order chi connectivity index (χ1) is 16.5. The standard InChI is InChI=1S/C25H29N3O6/c1-32-19-8-7-17(16-20(19)33-2)23(29)21-22(18-6-3-4-9-26-18)28(25(31)24(21)30)11-5-10-27-12-14-34-15-13-27/h3-4,6-9,16,22,29H,5,10-15H2,1-2H3/b23-21+/t22-/m1/s1. The molecule has 1 aromatic carbocycles. The van der Waals surface area contributed by atoms with Gasteiger partial charge in [0.25, 0.3) is 11.7 Å². The normalized spacial score (nSPS) is 20.5. The molecule has 1 aromatic heterocycles. The van der Waals surface area contributed by atoms with Crippen LogP contribution in [0.2, 0.25) is 0 Å². The van der Waals surface area contributed by atoms with Gasteiger partial charge < -0.3 is 24.2 Å². The van der Waals surface area contributed by atoms with Gasteiger partial charge in [-0.15, -0.1) is 0 Å². The summed E-state index contributed by atoms with van der Waals surface area (Å²) < 4.78 is 16.0. The summed E-state index contributed by atoms with van der Waals surface area (Å²) in [4.78, 5) is 34.4. The number of aliphatic hydroxyl groups is 1. The van der Waals surface area contributed by atoms with Crippen LogP contribution in [0, 0.1) is 0 Å². The SMILES string of the molecule is COc1ccc(/C(O)=C2\C(=O)C(=O)N(CCCN3CCOCC3)[C@@H]2c2ccccn2)cc1OC. The number of carbonyl (C=O) groups is 2. The number of hydrogen-bond donors (Lipinski definition) is 1. The van der Waals surface area contributed by atoms with Gasteiger partial charge in [0.2, 0.25) is 0 Å². The van der Waals surface area contributed by atoms with Crippen molar-refractivity contribution in [1.82, 2.24) is 14.8 Å². The highest BCUT2D eigenvalue weighted by Gasteiger charge is 2.46. The molecule has 0 aliphatic carbocycles. The van der Waals surface area contributed by atoms with E-state index in [9.17, 15) is 14.7 Å². The molecule has 2 fully saturated rings. The number of ether oxygens (including phenoxy) is 3. The largest absolute Gasteiger partial charge is 0.507 e. The molecule has 4 rings (SSSR count). The molecule has 2 aliphatic heterocycles. The Bertz CT molecular complexity index is 1070. The van der Waals surface area contributed by atoms with Crippen LogP contribution in [0.25, 0.3) is 5.76 Å². The number of rotatable bonds is 8. The second-order valence-electron chi connectivity index (χ2n) is 8.12. The summed E-state index contributed by atoms with van der Waals surface area (Å²) in [6.45, 7) is 4.25. The van der Waals surface area contributed by atoms with Crippen molar-refractivity contribution in [3.8, 4) is 11.5 Å². The third-order valence-electron chi connectivity index (χ3n) is 6.14. The Balaban J connectivity index is 1.67. The first-order valence-corrected chi connectivity index (χ1v) is 11.3. The van der Waals surface area contributed by atoms with Gasteiger partial charge in [-0.25, -0.2) is 0 Å². The molecule has 3 heterocycles. The number of aromatic nitrogens is 1. The summed E-state index contributed by atoms with van der Waals surface area (Å²) in [7, 11) is 3.00. The number of amides is 1. The number of aliphatic hydroxyl groups excluding tert-OH is 1. The van der Waals surface area contributed by atoms with E-state index in [2.05, 4.69) is 9.88 Å². The van der Waals surface area contributed by atoms with Crippen molar-refractivity contribution < 1.29 is 28.9 Å². The van der Waals surface area contributed by atoms with Crippen LogP contribution in [0.15, 0.2) is 48.2 Å². The lowest BCUT2D eigenvalue weighted by molar-refractivity contribution is -0.140. The number of nitrogens with zero attached hydrogens (tertiary/aromatic N) is 3. The summed E-state index contributed by atoms with van der Waals surface area (Å²) in [6, 6.07) is 9.39. The highest BCUT2D eigenvalue weighted by molar-refractivity contribution is 6.46. The minimum absolute atomic E-state index is 0.0160. The highest BCUT2D eigenvalue weighted by atomic mass is 16.5. The summed E-state index contributed by atoms with van der Waals surface area (Å²) in [5.41, 5.74) is 0.891. The van der Waals surface area contributed by atoms with E-state index in [0.717, 1.165) is 19.6 Å². The van der Waals surface area contributed by atoms with Gasteiger partial charge in [-0.1, -0.05) is 6.07 Å². The molecule has 0 radical (unpaired) electrons. The van der Waals surface area contributed by atoms with E-state index >= 15 is 0 Å². The zero-order chi connectivity index (χ0) is 24.1. The average Bonchev–Trinajstić information content (AvgIpc) is 3.14. The van der Waals surface area contributed by atoms with Gasteiger partial charge in [-0.2, -0.15) is 0 Å². The van der Waals surface area contributed by atoms with Gasteiger partial charge in [0.1, 0.15) is 11.8 Å². The third-order valence-corrected chi connectivity index (χ3v) is 6.14. The van der Waals surface area contributed by atoms with Crippen LogP contribution in [0.3, 0.4) is 0 Å². The van der Waals surface area contributed by atoms with Crippen LogP contribution in [-0.4, -0.2) is 85.2 Å². The lowest BCUT2D eigenvalue weighted by Crippen LogP contribution is -2.39. The minimum Gasteiger partial charge on any atom is -0.507 e. The molecule has 0 unspecified atom stereocenters. The predicted octanol–water partition coefficient (Wildman–Crippen LogP) is 2.24. The van der Waals surface area contributed by atoms with E-state index in [-0.39, 0.29) is 11.3 Å². The number of morpholine rings is 1. The van der Waals surface area contributed by atoms with E-state index < -0.39 is 17.7 Å². The Morgan fingerprint density at radius 1 is 1.09 bits per heavy atom. The number of ketones is 1. The molecule has 0 bridgehead atoms. The number of hydrogen-bond acceptors (Lipinski definition) is 8. The van der Waals surface area contributed by atoms with Crippen LogP contribution >= 0.6 is 0 Å². The zero-order valence-corrected chi connectivity index (χ0v) is 19.4. The molecule has 0 saturated carbocycles. The maximum atomic E-state index is 13.1. The fraction of sp³-hybridized carbons (Fsp3) is 0.400. The molecule has 34 heavy (non-hydrogen) atoms. The Labute approximate surface area is 198 Å². The molecule has 2 aliphatic rings. The molecule has 9 heteroatoms. The molecule has 2 aromatic rings. The van der Waals surface area contributed by atoms with Crippen molar-refractivity contribution >= 4 is 17.4 Å². The lowest BCUT2D eigenvalue weighted by atomic mass is 9.98. The first-order valence-electron chi connectivity index (χ1n) is 11.3. The molecule has 9 nitrogen and oxygen atoms in total. The van der Waals surface area contributed by atoms with Gasteiger partial charge in [0.05, 0.1) is 38.7 Å². The minimum atomic E-state index is -0.779. The van der Waals surface area contributed by atoms with Crippen molar-refractivity contribution in [2.45, 2.75) is 12.5 Å². The van der Waals surface area contributed by atoms with Crippen molar-refractivity contribution in [1.29, 1.82) is 0 Å². The summed E-state index contributed by atoms with van der Waals surface area (Å²) in [6.07, 6.45) is 2.30. The van der Waals surface area contributed by atoms with E-state index in [4.69, 9.17) is 14.2 Å². The molecule has 0 spiro atoms. The number of pyridine rings is 1. The van der Waals surface area contributed by atoms with Crippen molar-refractivity contribution in [3.63, 3.8) is 0 Å². The second kappa shape index (κ2) is 10.7. The van der Waals surface area contributed by atoms with Gasteiger partial charge in [0, 0.05) is 37.9 Å². The number of benzene rings is 1. The van der Waals surface area contributed by atoms with E-state index in [1.165, 1.54) is 19.1 Å². The van der Waals surface area contributed by atoms with Gasteiger partial charge in [-0.3, -0.25) is 19.5 Å². The van der Waals surface area contributed by atoms with Crippen LogP contribution in [0.1, 0.15) is 23.7 Å². The smallest absolute Gasteiger partial charge is 0.295 e. The average molecular weight is 468 g/mol. The summed E-state index contributed by atoms with van der Waals surface area (Å²) >= 11 is 0. The molecule has 1 N–H and O–H groups in total. The Kier molecular flexibility index (Phi) is 7.44. The van der Waals surface area contributed by atoms with E-state index in [1.807, 2.05) is 0 Å². The number of carbonyl (C=O) groups excluding carboxylic acids is 2. The van der Waals surface area contributed by atoms with Crippen molar-refractivity contribution in [2.75, 3.05) is 53.6 Å². The fourth-order valence-corrected chi connectivity index (χ4v) is 4.38. The fourth-order valence-electron chi connectivity index (χ4n) is 4.38. The number of methoxy groups -OCH3 is 2. The zero-order valence-electron chi connectivity index (χ0n) is 19.4. The Morgan fingerprint density at radius 3 is 2.53 bits per heavy atom. The van der Waals surface area contributed by atoms with Crippen LogP contribution in [0.4, 0.5) is 0 Å². The van der Waals surface area contributed by atoms with Gasteiger partial charge in [0.15, 0.2) is 11.5 Å². The highest BCUT2D eigenvalue weighted by Crippen LogP contribution is 2.40. The van der Waals surface area contributed by atoms with Crippen LogP contribution < -0.4 is 9.47 Å². The predicted molar refractivity (Wildman–Crippen MR) is 125 cm³/mol. The topological polar surface area (TPSA) is 101 Å². The molecular formula is C25H29N3O6. The molecular weight excluding hydrogens is 438 g/mol. The van der Waals surface area contributed by atoms with Gasteiger partial charge in [-0.05, 0) is 36.8 Å². The second-order valence-corrected chi connectivity index (χ2v) is 8.12. The lowest BCUT2D eigenvalue weighted by Gasteiger charge is -2.28. The number of likely N-dealkylation sites (tertiary alicyclic amines) is 1. The van der Waals surface area contributed by atoms with Gasteiger partial charge >= 0.3 is 0 Å². The monoisotopic (exact) mass is 467 g/mol. The summed E-state index contributed by atoms with van der Waals surface area (Å²) in [5.74, 6) is -0.746. The van der Waals surface area contributed by atoms with Crippen LogP contribution in [-0.2, 0) is 14.3 Å². The number of Topliss-reactive ketones (excluding diaryl/α,β-unsaturated/α-hetero) is 1. The van der Waals surface area contributed by atoms with E-state index in [0.29, 0.717) is 48.9 Å². The Hall–Kier alpha value is -3.43. The molecule has 1 amide bonds. The molecule has 180 valence electrons. The summed E-state index contributed by atoms with van der Waals surface area (Å²) in [5, 5.41) is 11.2. The molecule has 1 atom stereocenters. The van der Waals surface area contributed by atoms with E-state index in [1.54, 1.807) is 42.6 Å². The molecule has 2 saturated heterocycles. The maximum Gasteiger partial charge on any atom is 0.295 e. The quantitative estimate of drug-likeness (QED) is 0.358. The maximum absolute atomic E-state index is 13.1. The van der Waals surface area contributed by atoms with Crippen molar-refractivity contribution in [3.05, 3.63) is 59.4 Å². The third kappa shape index (κ3) is 4.76. The van der Waals surface area contributed by atoms with Crippen molar-refractivity contribution in [2.24, 2.45) is 0 Å².